The van der Waals surface area contributed by atoms with Gasteiger partial charge in [0.15, 0.2) is 0 Å². The van der Waals surface area contributed by atoms with E-state index in [-0.39, 0.29) is 31.1 Å². The summed E-state index contributed by atoms with van der Waals surface area (Å²) in [5.41, 5.74) is 1.08. The van der Waals surface area contributed by atoms with E-state index < -0.39 is 11.9 Å². The van der Waals surface area contributed by atoms with Gasteiger partial charge >= 0.3 is 17.9 Å². The van der Waals surface area contributed by atoms with Crippen molar-refractivity contribution in [3.05, 3.63) is 29.8 Å². The van der Waals surface area contributed by atoms with E-state index in [9.17, 15) is 19.2 Å². The first-order valence-electron chi connectivity index (χ1n) is 8.20. The predicted molar refractivity (Wildman–Crippen MR) is 87.4 cm³/mol. The highest BCUT2D eigenvalue weighted by molar-refractivity contribution is 6.37. The Morgan fingerprint density at radius 2 is 2.12 bits per heavy atom. The molecule has 2 heterocycles. The molecule has 2 fully saturated rings. The summed E-state index contributed by atoms with van der Waals surface area (Å²) in [6.45, 7) is 2.47. The minimum Gasteiger partial charge on any atom is -0.459 e. The molecule has 0 bridgehead atoms. The minimum absolute atomic E-state index is 0.114. The third-order valence-electron chi connectivity index (χ3n) is 4.27. The Morgan fingerprint density at radius 3 is 2.84 bits per heavy atom. The molecule has 25 heavy (non-hydrogen) atoms. The largest absolute Gasteiger partial charge is 0.459 e. The van der Waals surface area contributed by atoms with Gasteiger partial charge in [-0.3, -0.25) is 14.5 Å². The molecular formula is C17H19N3O5. The number of nitrogens with zero attached hydrogens (tertiary/aromatic N) is 2. The molecule has 2 saturated heterocycles. The Balaban J connectivity index is 1.68. The van der Waals surface area contributed by atoms with Gasteiger partial charge < -0.3 is 15.0 Å². The van der Waals surface area contributed by atoms with Gasteiger partial charge in [0.2, 0.25) is 0 Å². The number of hydrogen-bond donors (Lipinski definition) is 1. The zero-order chi connectivity index (χ0) is 18.0. The van der Waals surface area contributed by atoms with Crippen molar-refractivity contribution in [2.75, 3.05) is 18.5 Å². The van der Waals surface area contributed by atoms with Crippen molar-refractivity contribution in [2.24, 2.45) is 0 Å². The zero-order valence-corrected chi connectivity index (χ0v) is 13.9. The number of fused-ring (bicyclic) bond motifs is 1. The average Bonchev–Trinajstić information content (AvgIpc) is 3.15. The minimum atomic E-state index is -0.960. The molecule has 8 nitrogen and oxygen atoms in total. The zero-order valence-electron chi connectivity index (χ0n) is 13.9. The molecule has 1 aromatic rings. The summed E-state index contributed by atoms with van der Waals surface area (Å²) >= 11 is 0. The molecular weight excluding hydrogens is 326 g/mol. The Labute approximate surface area is 144 Å². The van der Waals surface area contributed by atoms with Crippen LogP contribution in [0.15, 0.2) is 24.3 Å². The lowest BCUT2D eigenvalue weighted by Crippen LogP contribution is -2.32. The van der Waals surface area contributed by atoms with Crippen molar-refractivity contribution in [3.8, 4) is 0 Å². The number of amides is 4. The van der Waals surface area contributed by atoms with Crippen LogP contribution in [0, 0.1) is 0 Å². The second kappa shape index (κ2) is 6.92. The van der Waals surface area contributed by atoms with E-state index in [0.717, 1.165) is 6.42 Å². The third kappa shape index (κ3) is 3.33. The van der Waals surface area contributed by atoms with Gasteiger partial charge in [-0.25, -0.2) is 9.59 Å². The normalized spacial score (nSPS) is 19.2. The monoisotopic (exact) mass is 345 g/mol. The van der Waals surface area contributed by atoms with E-state index in [2.05, 4.69) is 10.1 Å². The van der Waals surface area contributed by atoms with Crippen LogP contribution in [0.1, 0.15) is 25.3 Å². The first kappa shape index (κ1) is 16.9. The SMILES string of the molecule is CCOC(=O)C(=O)Nc1cccc(CN2C(=O)C3CCCN3C2=O)c1. The maximum Gasteiger partial charge on any atom is 0.397 e. The van der Waals surface area contributed by atoms with Crippen molar-refractivity contribution in [3.63, 3.8) is 0 Å². The Morgan fingerprint density at radius 1 is 1.32 bits per heavy atom. The molecule has 132 valence electrons. The molecule has 4 amide bonds. The number of carbonyl (C=O) groups excluding carboxylic acids is 4. The standard InChI is InChI=1S/C17H19N3O5/c1-2-25-16(23)14(21)18-12-6-3-5-11(9-12)10-20-15(22)13-7-4-8-19(13)17(20)24/h3,5-6,9,13H,2,4,7-8,10H2,1H3,(H,18,21). The predicted octanol–water partition coefficient (Wildman–Crippen LogP) is 1.11. The van der Waals surface area contributed by atoms with Gasteiger partial charge in [-0.15, -0.1) is 0 Å². The summed E-state index contributed by atoms with van der Waals surface area (Å²) < 4.78 is 4.63. The summed E-state index contributed by atoms with van der Waals surface area (Å²) in [4.78, 5) is 50.6. The summed E-state index contributed by atoms with van der Waals surface area (Å²) in [5, 5.41) is 2.44. The highest BCUT2D eigenvalue weighted by Crippen LogP contribution is 2.28. The van der Waals surface area contributed by atoms with Crippen molar-refractivity contribution in [1.82, 2.24) is 9.80 Å². The third-order valence-corrected chi connectivity index (χ3v) is 4.27. The van der Waals surface area contributed by atoms with Gasteiger partial charge in [0.1, 0.15) is 6.04 Å². The van der Waals surface area contributed by atoms with E-state index in [1.807, 2.05) is 0 Å². The maximum absolute atomic E-state index is 12.4. The Bertz CT molecular complexity index is 711. The fourth-order valence-corrected chi connectivity index (χ4v) is 3.14. The number of imide groups is 1. The molecule has 0 saturated carbocycles. The Hall–Kier alpha value is -2.90. The van der Waals surface area contributed by atoms with Crippen molar-refractivity contribution in [2.45, 2.75) is 32.4 Å². The van der Waals surface area contributed by atoms with Crippen LogP contribution in [0.25, 0.3) is 0 Å². The van der Waals surface area contributed by atoms with E-state index in [1.54, 1.807) is 36.1 Å². The van der Waals surface area contributed by atoms with Crippen molar-refractivity contribution in [1.29, 1.82) is 0 Å². The van der Waals surface area contributed by atoms with Crippen LogP contribution >= 0.6 is 0 Å². The summed E-state index contributed by atoms with van der Waals surface area (Å²) in [6.07, 6.45) is 1.56. The number of esters is 1. The number of hydrogen-bond acceptors (Lipinski definition) is 5. The van der Waals surface area contributed by atoms with Crippen LogP contribution in [0.3, 0.4) is 0 Å². The van der Waals surface area contributed by atoms with Crippen molar-refractivity contribution < 1.29 is 23.9 Å². The highest BCUT2D eigenvalue weighted by Gasteiger charge is 2.47. The number of ether oxygens (including phenoxy) is 1. The summed E-state index contributed by atoms with van der Waals surface area (Å²) in [6, 6.07) is 6.08. The molecule has 3 rings (SSSR count). The molecule has 1 aromatic carbocycles. The van der Waals surface area contributed by atoms with Gasteiger partial charge in [-0.2, -0.15) is 0 Å². The lowest BCUT2D eigenvalue weighted by molar-refractivity contribution is -0.152. The van der Waals surface area contributed by atoms with Crippen LogP contribution in [0.5, 0.6) is 0 Å². The van der Waals surface area contributed by atoms with E-state index >= 15 is 0 Å². The topological polar surface area (TPSA) is 96.0 Å². The molecule has 0 spiro atoms. The molecule has 8 heteroatoms. The number of rotatable bonds is 4. The molecule has 0 aromatic heterocycles. The van der Waals surface area contributed by atoms with Crippen LogP contribution < -0.4 is 5.32 Å². The van der Waals surface area contributed by atoms with Gasteiger partial charge in [0.05, 0.1) is 13.2 Å². The van der Waals surface area contributed by atoms with Gasteiger partial charge in [0, 0.05) is 12.2 Å². The number of carbonyl (C=O) groups is 4. The van der Waals surface area contributed by atoms with Gasteiger partial charge in [-0.05, 0) is 37.5 Å². The number of nitrogens with one attached hydrogen (secondary N) is 1. The highest BCUT2D eigenvalue weighted by atomic mass is 16.5. The molecule has 1 atom stereocenters. The van der Waals surface area contributed by atoms with Crippen LogP contribution in [0.4, 0.5) is 10.5 Å². The molecule has 0 aliphatic carbocycles. The Kier molecular flexibility index (Phi) is 4.69. The lowest BCUT2D eigenvalue weighted by atomic mass is 10.1. The van der Waals surface area contributed by atoms with Gasteiger partial charge in [-0.1, -0.05) is 12.1 Å². The molecule has 0 radical (unpaired) electrons. The summed E-state index contributed by atoms with van der Waals surface area (Å²) in [7, 11) is 0. The lowest BCUT2D eigenvalue weighted by Gasteiger charge is -2.16. The molecule has 2 aliphatic rings. The van der Waals surface area contributed by atoms with Crippen LogP contribution in [-0.4, -0.2) is 52.8 Å². The fraction of sp³-hybridized carbons (Fsp3) is 0.412. The van der Waals surface area contributed by atoms with Crippen LogP contribution in [0.2, 0.25) is 0 Å². The first-order valence-corrected chi connectivity index (χ1v) is 8.20. The molecule has 1 N–H and O–H groups in total. The smallest absolute Gasteiger partial charge is 0.397 e. The van der Waals surface area contributed by atoms with E-state index in [0.29, 0.717) is 24.2 Å². The van der Waals surface area contributed by atoms with Crippen molar-refractivity contribution >= 4 is 29.5 Å². The van der Waals surface area contributed by atoms with Gasteiger partial charge in [0.25, 0.3) is 5.91 Å². The van der Waals surface area contributed by atoms with Crippen LogP contribution in [-0.2, 0) is 25.7 Å². The van der Waals surface area contributed by atoms with E-state index in [1.165, 1.54) is 4.90 Å². The first-order chi connectivity index (χ1) is 12.0. The molecule has 1 unspecified atom stereocenters. The fourth-order valence-electron chi connectivity index (χ4n) is 3.14. The maximum atomic E-state index is 12.4. The molecule has 2 aliphatic heterocycles. The number of anilines is 1. The quantitative estimate of drug-likeness (QED) is 0.501. The number of benzene rings is 1. The number of urea groups is 1. The second-order valence-corrected chi connectivity index (χ2v) is 5.93. The average molecular weight is 345 g/mol. The van der Waals surface area contributed by atoms with E-state index in [4.69, 9.17) is 0 Å². The summed E-state index contributed by atoms with van der Waals surface area (Å²) in [5.74, 6) is -2.00. The second-order valence-electron chi connectivity index (χ2n) is 5.93.